The van der Waals surface area contributed by atoms with E-state index in [1.807, 2.05) is 0 Å². The fraction of sp³-hybridized carbons (Fsp3) is 0.818. The maximum absolute atomic E-state index is 11.4. The minimum atomic E-state index is -0.979. The molecule has 0 spiro atoms. The number of hydrogen-bond acceptors (Lipinski definition) is 3. The Labute approximate surface area is 95.2 Å². The number of rotatable bonds is 6. The molecule has 0 saturated carbocycles. The number of carbonyl (C=O) groups is 2. The predicted molar refractivity (Wildman–Crippen MR) is 58.1 cm³/mol. The zero-order valence-electron chi connectivity index (χ0n) is 9.57. The standard InChI is InChI=1S/C11H19NO4/c1-2-9(11(14)15)12-10(13)6-5-8-4-3-7-16-8/h8-9H,2-7H2,1H3,(H,12,13)(H,14,15). The van der Waals surface area contributed by atoms with Crippen LogP contribution in [0.3, 0.4) is 0 Å². The van der Waals surface area contributed by atoms with E-state index in [-0.39, 0.29) is 12.0 Å². The average molecular weight is 229 g/mol. The first-order valence-corrected chi connectivity index (χ1v) is 5.77. The predicted octanol–water partition coefficient (Wildman–Crippen LogP) is 0.925. The van der Waals surface area contributed by atoms with Crippen molar-refractivity contribution < 1.29 is 19.4 Å². The van der Waals surface area contributed by atoms with Crippen LogP contribution in [0.15, 0.2) is 0 Å². The summed E-state index contributed by atoms with van der Waals surface area (Å²) < 4.78 is 5.39. The summed E-state index contributed by atoms with van der Waals surface area (Å²) in [4.78, 5) is 22.1. The maximum Gasteiger partial charge on any atom is 0.326 e. The van der Waals surface area contributed by atoms with Gasteiger partial charge < -0.3 is 15.2 Å². The van der Waals surface area contributed by atoms with Gasteiger partial charge in [0, 0.05) is 13.0 Å². The van der Waals surface area contributed by atoms with E-state index in [2.05, 4.69) is 5.32 Å². The van der Waals surface area contributed by atoms with Crippen LogP contribution in [0.1, 0.15) is 39.0 Å². The molecule has 1 aliphatic rings. The number of carbonyl (C=O) groups excluding carboxylic acids is 1. The maximum atomic E-state index is 11.4. The largest absolute Gasteiger partial charge is 0.480 e. The van der Waals surface area contributed by atoms with Gasteiger partial charge in [0.15, 0.2) is 0 Å². The monoisotopic (exact) mass is 229 g/mol. The van der Waals surface area contributed by atoms with Gasteiger partial charge in [0.2, 0.25) is 5.91 Å². The van der Waals surface area contributed by atoms with Crippen molar-refractivity contribution in [1.29, 1.82) is 0 Å². The summed E-state index contributed by atoms with van der Waals surface area (Å²) in [5, 5.41) is 11.3. The van der Waals surface area contributed by atoms with E-state index in [1.54, 1.807) is 6.92 Å². The molecule has 92 valence electrons. The molecule has 0 aromatic heterocycles. The Morgan fingerprint density at radius 3 is 2.81 bits per heavy atom. The number of ether oxygens (including phenoxy) is 1. The van der Waals surface area contributed by atoms with Gasteiger partial charge >= 0.3 is 5.97 Å². The molecule has 5 nitrogen and oxygen atoms in total. The lowest BCUT2D eigenvalue weighted by Crippen LogP contribution is -2.40. The van der Waals surface area contributed by atoms with Crippen molar-refractivity contribution in [3.05, 3.63) is 0 Å². The highest BCUT2D eigenvalue weighted by molar-refractivity contribution is 5.83. The number of carboxylic acids is 1. The van der Waals surface area contributed by atoms with E-state index in [4.69, 9.17) is 9.84 Å². The van der Waals surface area contributed by atoms with Crippen LogP contribution in [-0.2, 0) is 14.3 Å². The Morgan fingerprint density at radius 1 is 1.56 bits per heavy atom. The Hall–Kier alpha value is -1.10. The van der Waals surface area contributed by atoms with Crippen molar-refractivity contribution in [3.63, 3.8) is 0 Å². The molecule has 2 unspecified atom stereocenters. The first kappa shape index (κ1) is 13.0. The van der Waals surface area contributed by atoms with E-state index in [9.17, 15) is 9.59 Å². The summed E-state index contributed by atoms with van der Waals surface area (Å²) in [5.41, 5.74) is 0. The van der Waals surface area contributed by atoms with Gasteiger partial charge in [-0.15, -0.1) is 0 Å². The summed E-state index contributed by atoms with van der Waals surface area (Å²) in [6.07, 6.45) is 3.66. The summed E-state index contributed by atoms with van der Waals surface area (Å²) >= 11 is 0. The lowest BCUT2D eigenvalue weighted by atomic mass is 10.1. The quantitative estimate of drug-likeness (QED) is 0.710. The van der Waals surface area contributed by atoms with Gasteiger partial charge in [-0.1, -0.05) is 6.92 Å². The lowest BCUT2D eigenvalue weighted by molar-refractivity contribution is -0.142. The highest BCUT2D eigenvalue weighted by Crippen LogP contribution is 2.16. The number of nitrogens with one attached hydrogen (secondary N) is 1. The van der Waals surface area contributed by atoms with Gasteiger partial charge in [0.1, 0.15) is 6.04 Å². The Bertz CT molecular complexity index is 248. The average Bonchev–Trinajstić information content (AvgIpc) is 2.75. The third-order valence-corrected chi connectivity index (χ3v) is 2.76. The summed E-state index contributed by atoms with van der Waals surface area (Å²) in [7, 11) is 0. The molecule has 0 radical (unpaired) electrons. The molecule has 0 bridgehead atoms. The van der Waals surface area contributed by atoms with Gasteiger partial charge in [-0.3, -0.25) is 4.79 Å². The molecule has 0 aromatic carbocycles. The molecule has 1 fully saturated rings. The molecule has 2 N–H and O–H groups in total. The Kier molecular flexibility index (Phi) is 5.25. The summed E-state index contributed by atoms with van der Waals surface area (Å²) in [6.45, 7) is 2.51. The van der Waals surface area contributed by atoms with Gasteiger partial charge in [-0.05, 0) is 25.7 Å². The zero-order valence-corrected chi connectivity index (χ0v) is 9.57. The Balaban J connectivity index is 2.21. The van der Waals surface area contributed by atoms with Crippen LogP contribution in [0, 0.1) is 0 Å². The molecular formula is C11H19NO4. The van der Waals surface area contributed by atoms with Crippen molar-refractivity contribution >= 4 is 11.9 Å². The van der Waals surface area contributed by atoms with E-state index < -0.39 is 12.0 Å². The second-order valence-corrected chi connectivity index (χ2v) is 4.04. The molecule has 1 saturated heterocycles. The van der Waals surface area contributed by atoms with Gasteiger partial charge in [0.05, 0.1) is 6.10 Å². The lowest BCUT2D eigenvalue weighted by Gasteiger charge is -2.13. The zero-order chi connectivity index (χ0) is 12.0. The molecule has 0 aliphatic carbocycles. The molecule has 2 atom stereocenters. The number of hydrogen-bond donors (Lipinski definition) is 2. The van der Waals surface area contributed by atoms with Crippen LogP contribution in [0.5, 0.6) is 0 Å². The molecule has 5 heteroatoms. The summed E-state index contributed by atoms with van der Waals surface area (Å²) in [6, 6.07) is -0.767. The van der Waals surface area contributed by atoms with E-state index >= 15 is 0 Å². The van der Waals surface area contributed by atoms with Gasteiger partial charge in [0.25, 0.3) is 0 Å². The molecule has 1 amide bonds. The second kappa shape index (κ2) is 6.48. The van der Waals surface area contributed by atoms with Crippen LogP contribution in [-0.4, -0.2) is 35.7 Å². The van der Waals surface area contributed by atoms with Crippen molar-refractivity contribution in [3.8, 4) is 0 Å². The number of carboxylic acid groups (broad SMARTS) is 1. The molecule has 1 rings (SSSR count). The fourth-order valence-electron chi connectivity index (χ4n) is 1.77. The first-order valence-electron chi connectivity index (χ1n) is 5.77. The van der Waals surface area contributed by atoms with Crippen LogP contribution in [0.25, 0.3) is 0 Å². The fourth-order valence-corrected chi connectivity index (χ4v) is 1.77. The highest BCUT2D eigenvalue weighted by Gasteiger charge is 2.20. The van der Waals surface area contributed by atoms with E-state index in [1.165, 1.54) is 0 Å². The Morgan fingerprint density at radius 2 is 2.31 bits per heavy atom. The van der Waals surface area contributed by atoms with Gasteiger partial charge in [-0.2, -0.15) is 0 Å². The topological polar surface area (TPSA) is 75.6 Å². The van der Waals surface area contributed by atoms with Crippen LogP contribution in [0.2, 0.25) is 0 Å². The molecule has 0 aromatic rings. The van der Waals surface area contributed by atoms with Crippen LogP contribution < -0.4 is 5.32 Å². The number of amides is 1. The smallest absolute Gasteiger partial charge is 0.326 e. The molecule has 1 aliphatic heterocycles. The van der Waals surface area contributed by atoms with Crippen molar-refractivity contribution in [2.75, 3.05) is 6.61 Å². The molecule has 16 heavy (non-hydrogen) atoms. The molecular weight excluding hydrogens is 210 g/mol. The van der Waals surface area contributed by atoms with E-state index in [0.717, 1.165) is 19.4 Å². The third-order valence-electron chi connectivity index (χ3n) is 2.76. The normalized spacial score (nSPS) is 21.7. The highest BCUT2D eigenvalue weighted by atomic mass is 16.5. The van der Waals surface area contributed by atoms with Crippen molar-refractivity contribution in [1.82, 2.24) is 5.32 Å². The van der Waals surface area contributed by atoms with Crippen molar-refractivity contribution in [2.45, 2.75) is 51.2 Å². The first-order chi connectivity index (χ1) is 7.63. The minimum Gasteiger partial charge on any atom is -0.480 e. The van der Waals surface area contributed by atoms with Crippen LogP contribution >= 0.6 is 0 Å². The SMILES string of the molecule is CCC(NC(=O)CCC1CCCO1)C(=O)O. The number of aliphatic carboxylic acids is 1. The summed E-state index contributed by atoms with van der Waals surface area (Å²) in [5.74, 6) is -1.18. The minimum absolute atomic E-state index is 0.177. The second-order valence-electron chi connectivity index (χ2n) is 4.04. The van der Waals surface area contributed by atoms with Gasteiger partial charge in [-0.25, -0.2) is 4.79 Å². The third kappa shape index (κ3) is 4.18. The van der Waals surface area contributed by atoms with E-state index in [0.29, 0.717) is 19.3 Å². The van der Waals surface area contributed by atoms with Crippen molar-refractivity contribution in [2.24, 2.45) is 0 Å². The molecule has 1 heterocycles. The van der Waals surface area contributed by atoms with Crippen LogP contribution in [0.4, 0.5) is 0 Å².